The monoisotopic (exact) mass is 291 g/mol. The number of hydrogen-bond acceptors (Lipinski definition) is 3. The first-order chi connectivity index (χ1) is 10.1. The van der Waals surface area contributed by atoms with E-state index in [0.717, 1.165) is 12.2 Å². The highest BCUT2D eigenvalue weighted by Crippen LogP contribution is 2.32. The van der Waals surface area contributed by atoms with Gasteiger partial charge in [0.2, 0.25) is 5.91 Å². The normalized spacial score (nSPS) is 21.0. The Hall–Kier alpha value is -2.04. The van der Waals surface area contributed by atoms with Crippen molar-refractivity contribution in [2.45, 2.75) is 32.6 Å². The van der Waals surface area contributed by atoms with Crippen molar-refractivity contribution in [3.63, 3.8) is 0 Å². The van der Waals surface area contributed by atoms with E-state index in [1.807, 2.05) is 19.1 Å². The van der Waals surface area contributed by atoms with E-state index in [0.29, 0.717) is 31.6 Å². The maximum atomic E-state index is 12.2. The first-order valence-electron chi connectivity index (χ1n) is 7.36. The standard InChI is InChI=1S/C16H21NO4/c1-2-8-21-14-5-3-4-13(10-14)17-15(18)11-6-7-12(9-11)16(19)20/h3-5,10-12H,2,6-9H2,1H3,(H,17,18)(H,19,20). The minimum absolute atomic E-state index is 0.105. The third kappa shape index (κ3) is 4.21. The number of hydrogen-bond donors (Lipinski definition) is 2. The molecule has 0 spiro atoms. The molecule has 1 aromatic carbocycles. The molecular weight excluding hydrogens is 270 g/mol. The summed E-state index contributed by atoms with van der Waals surface area (Å²) in [7, 11) is 0. The molecule has 1 aliphatic carbocycles. The minimum atomic E-state index is -0.805. The van der Waals surface area contributed by atoms with Crippen LogP contribution in [0.5, 0.6) is 5.75 Å². The van der Waals surface area contributed by atoms with Crippen LogP contribution in [0.15, 0.2) is 24.3 Å². The van der Waals surface area contributed by atoms with Crippen LogP contribution >= 0.6 is 0 Å². The number of anilines is 1. The van der Waals surface area contributed by atoms with E-state index in [2.05, 4.69) is 5.32 Å². The molecule has 1 saturated carbocycles. The van der Waals surface area contributed by atoms with Gasteiger partial charge < -0.3 is 15.2 Å². The van der Waals surface area contributed by atoms with Crippen LogP contribution in [0.3, 0.4) is 0 Å². The molecular formula is C16H21NO4. The molecule has 2 N–H and O–H groups in total. The number of ether oxygens (including phenoxy) is 1. The fourth-order valence-corrected chi connectivity index (χ4v) is 2.57. The number of carboxylic acid groups (broad SMARTS) is 1. The second kappa shape index (κ2) is 7.11. The number of carbonyl (C=O) groups is 2. The van der Waals surface area contributed by atoms with Gasteiger partial charge in [-0.3, -0.25) is 9.59 Å². The molecule has 2 rings (SSSR count). The van der Waals surface area contributed by atoms with Crippen LogP contribution in [0.1, 0.15) is 32.6 Å². The molecule has 1 aliphatic rings. The Labute approximate surface area is 124 Å². The van der Waals surface area contributed by atoms with Gasteiger partial charge in [0.25, 0.3) is 0 Å². The summed E-state index contributed by atoms with van der Waals surface area (Å²) in [5.74, 6) is -0.789. The molecule has 1 amide bonds. The quantitative estimate of drug-likeness (QED) is 0.845. The number of carbonyl (C=O) groups excluding carboxylic acids is 1. The van der Waals surface area contributed by atoms with E-state index in [1.165, 1.54) is 0 Å². The number of aliphatic carboxylic acids is 1. The lowest BCUT2D eigenvalue weighted by atomic mass is 10.0. The SMILES string of the molecule is CCCOc1cccc(NC(=O)C2CCC(C(=O)O)C2)c1. The molecule has 0 saturated heterocycles. The van der Waals surface area contributed by atoms with Crippen molar-refractivity contribution in [1.82, 2.24) is 0 Å². The fraction of sp³-hybridized carbons (Fsp3) is 0.500. The minimum Gasteiger partial charge on any atom is -0.494 e. The highest BCUT2D eigenvalue weighted by atomic mass is 16.5. The van der Waals surface area contributed by atoms with E-state index < -0.39 is 5.97 Å². The van der Waals surface area contributed by atoms with Gasteiger partial charge in [0.15, 0.2) is 0 Å². The molecule has 0 radical (unpaired) electrons. The van der Waals surface area contributed by atoms with Crippen LogP contribution in [-0.4, -0.2) is 23.6 Å². The van der Waals surface area contributed by atoms with Crippen molar-refractivity contribution in [2.75, 3.05) is 11.9 Å². The van der Waals surface area contributed by atoms with E-state index in [4.69, 9.17) is 9.84 Å². The van der Waals surface area contributed by atoms with Gasteiger partial charge in [0.05, 0.1) is 12.5 Å². The molecule has 2 unspecified atom stereocenters. The van der Waals surface area contributed by atoms with Gasteiger partial charge in [-0.2, -0.15) is 0 Å². The Kier molecular flexibility index (Phi) is 5.20. The Morgan fingerprint density at radius 3 is 2.76 bits per heavy atom. The zero-order valence-electron chi connectivity index (χ0n) is 12.2. The Bertz CT molecular complexity index is 515. The number of benzene rings is 1. The lowest BCUT2D eigenvalue weighted by Gasteiger charge is -2.12. The Balaban J connectivity index is 1.92. The predicted molar refractivity (Wildman–Crippen MR) is 79.3 cm³/mol. The number of carboxylic acids is 1. The zero-order valence-corrected chi connectivity index (χ0v) is 12.2. The van der Waals surface area contributed by atoms with Crippen LogP contribution in [0.4, 0.5) is 5.69 Å². The molecule has 2 atom stereocenters. The van der Waals surface area contributed by atoms with E-state index in [-0.39, 0.29) is 17.7 Å². The van der Waals surface area contributed by atoms with Crippen molar-refractivity contribution in [1.29, 1.82) is 0 Å². The van der Waals surface area contributed by atoms with Crippen LogP contribution < -0.4 is 10.1 Å². The molecule has 114 valence electrons. The molecule has 1 aromatic rings. The fourth-order valence-electron chi connectivity index (χ4n) is 2.57. The van der Waals surface area contributed by atoms with Crippen LogP contribution in [0.25, 0.3) is 0 Å². The summed E-state index contributed by atoms with van der Waals surface area (Å²) in [5.41, 5.74) is 0.687. The van der Waals surface area contributed by atoms with Gasteiger partial charge in [-0.1, -0.05) is 13.0 Å². The molecule has 0 aromatic heterocycles. The molecule has 0 heterocycles. The van der Waals surface area contributed by atoms with Crippen molar-refractivity contribution in [2.24, 2.45) is 11.8 Å². The average Bonchev–Trinajstić information content (AvgIpc) is 2.95. The topological polar surface area (TPSA) is 75.6 Å². The van der Waals surface area contributed by atoms with Crippen molar-refractivity contribution in [3.8, 4) is 5.75 Å². The number of rotatable bonds is 6. The highest BCUT2D eigenvalue weighted by molar-refractivity contribution is 5.93. The van der Waals surface area contributed by atoms with Gasteiger partial charge in [0.1, 0.15) is 5.75 Å². The van der Waals surface area contributed by atoms with Crippen molar-refractivity contribution in [3.05, 3.63) is 24.3 Å². The summed E-state index contributed by atoms with van der Waals surface area (Å²) in [6.07, 6.45) is 2.56. The van der Waals surface area contributed by atoms with Gasteiger partial charge in [-0.25, -0.2) is 0 Å². The molecule has 0 bridgehead atoms. The summed E-state index contributed by atoms with van der Waals surface area (Å²) in [5, 5.41) is 11.8. The third-order valence-electron chi connectivity index (χ3n) is 3.73. The number of nitrogens with one attached hydrogen (secondary N) is 1. The van der Waals surface area contributed by atoms with Gasteiger partial charge in [-0.05, 0) is 37.8 Å². The molecule has 0 aliphatic heterocycles. The maximum absolute atomic E-state index is 12.2. The van der Waals surface area contributed by atoms with Gasteiger partial charge in [-0.15, -0.1) is 0 Å². The van der Waals surface area contributed by atoms with Gasteiger partial charge in [0, 0.05) is 17.7 Å². The predicted octanol–water partition coefficient (Wildman–Crippen LogP) is 2.91. The zero-order chi connectivity index (χ0) is 15.2. The molecule has 21 heavy (non-hydrogen) atoms. The average molecular weight is 291 g/mol. The van der Waals surface area contributed by atoms with Gasteiger partial charge >= 0.3 is 5.97 Å². The Morgan fingerprint density at radius 1 is 1.33 bits per heavy atom. The molecule has 5 heteroatoms. The Morgan fingerprint density at radius 2 is 2.10 bits per heavy atom. The van der Waals surface area contributed by atoms with Crippen molar-refractivity contribution >= 4 is 17.6 Å². The third-order valence-corrected chi connectivity index (χ3v) is 3.73. The van der Waals surface area contributed by atoms with E-state index >= 15 is 0 Å². The summed E-state index contributed by atoms with van der Waals surface area (Å²) in [4.78, 5) is 23.1. The second-order valence-electron chi connectivity index (χ2n) is 5.41. The molecule has 1 fully saturated rings. The van der Waals surface area contributed by atoms with E-state index in [9.17, 15) is 9.59 Å². The largest absolute Gasteiger partial charge is 0.494 e. The van der Waals surface area contributed by atoms with Crippen molar-refractivity contribution < 1.29 is 19.4 Å². The summed E-state index contributed by atoms with van der Waals surface area (Å²) in [6.45, 7) is 2.67. The smallest absolute Gasteiger partial charge is 0.306 e. The maximum Gasteiger partial charge on any atom is 0.306 e. The molecule has 5 nitrogen and oxygen atoms in total. The highest BCUT2D eigenvalue weighted by Gasteiger charge is 2.33. The lowest BCUT2D eigenvalue weighted by Crippen LogP contribution is -2.21. The summed E-state index contributed by atoms with van der Waals surface area (Å²) >= 11 is 0. The second-order valence-corrected chi connectivity index (χ2v) is 5.41. The van der Waals surface area contributed by atoms with Crippen LogP contribution in [0.2, 0.25) is 0 Å². The summed E-state index contributed by atoms with van der Waals surface area (Å²) in [6, 6.07) is 7.27. The number of amides is 1. The van der Waals surface area contributed by atoms with Crippen LogP contribution in [-0.2, 0) is 9.59 Å². The first kappa shape index (κ1) is 15.4. The van der Waals surface area contributed by atoms with E-state index in [1.54, 1.807) is 12.1 Å². The summed E-state index contributed by atoms with van der Waals surface area (Å²) < 4.78 is 5.52. The lowest BCUT2D eigenvalue weighted by molar-refractivity contribution is -0.141. The van der Waals surface area contributed by atoms with Crippen LogP contribution in [0, 0.1) is 11.8 Å². The first-order valence-corrected chi connectivity index (χ1v) is 7.36.